The van der Waals surface area contributed by atoms with E-state index in [9.17, 15) is 4.39 Å². The van der Waals surface area contributed by atoms with Crippen LogP contribution in [-0.2, 0) is 6.42 Å². The molecular formula is C21H20FNO2. The topological polar surface area (TPSA) is 44.5 Å². The molecule has 3 aromatic carbocycles. The lowest BCUT2D eigenvalue weighted by Crippen LogP contribution is -2.30. The van der Waals surface area contributed by atoms with Crippen molar-refractivity contribution in [1.29, 1.82) is 0 Å². The van der Waals surface area contributed by atoms with Crippen molar-refractivity contribution in [2.75, 3.05) is 6.61 Å². The Bertz CT molecular complexity index is 794. The summed E-state index contributed by atoms with van der Waals surface area (Å²) in [6, 6.07) is 23.2. The Labute approximate surface area is 146 Å². The molecule has 0 amide bonds. The molecular weight excluding hydrogens is 317 g/mol. The molecule has 0 saturated carbocycles. The van der Waals surface area contributed by atoms with Crippen LogP contribution in [0.2, 0.25) is 0 Å². The Morgan fingerprint density at radius 2 is 1.52 bits per heavy atom. The molecule has 3 nitrogen and oxygen atoms in total. The first-order chi connectivity index (χ1) is 12.2. The fourth-order valence-corrected chi connectivity index (χ4v) is 2.47. The molecule has 0 radical (unpaired) electrons. The number of ether oxygens (including phenoxy) is 2. The van der Waals surface area contributed by atoms with Gasteiger partial charge in [-0.3, -0.25) is 0 Å². The van der Waals surface area contributed by atoms with Crippen molar-refractivity contribution in [3.63, 3.8) is 0 Å². The predicted molar refractivity (Wildman–Crippen MR) is 96.5 cm³/mol. The van der Waals surface area contributed by atoms with Crippen LogP contribution < -0.4 is 15.2 Å². The third-order valence-electron chi connectivity index (χ3n) is 3.67. The fraction of sp³-hybridized carbons (Fsp3) is 0.143. The average Bonchev–Trinajstić information content (AvgIpc) is 2.63. The van der Waals surface area contributed by atoms with Crippen LogP contribution >= 0.6 is 0 Å². The number of hydrogen-bond donors (Lipinski definition) is 1. The van der Waals surface area contributed by atoms with E-state index in [1.54, 1.807) is 18.2 Å². The molecule has 0 aliphatic heterocycles. The summed E-state index contributed by atoms with van der Waals surface area (Å²) >= 11 is 0. The maximum absolute atomic E-state index is 13.6. The van der Waals surface area contributed by atoms with Gasteiger partial charge in [-0.2, -0.15) is 0 Å². The first-order valence-corrected chi connectivity index (χ1v) is 8.15. The lowest BCUT2D eigenvalue weighted by Gasteiger charge is -2.16. The van der Waals surface area contributed by atoms with Crippen LogP contribution in [0.3, 0.4) is 0 Å². The third kappa shape index (κ3) is 5.06. The van der Waals surface area contributed by atoms with Crippen LogP contribution in [0.25, 0.3) is 0 Å². The normalized spacial score (nSPS) is 11.8. The molecule has 3 rings (SSSR count). The quantitative estimate of drug-likeness (QED) is 0.687. The van der Waals surface area contributed by atoms with Crippen molar-refractivity contribution in [3.8, 4) is 17.2 Å². The predicted octanol–water partition coefficient (Wildman–Crippen LogP) is 4.57. The lowest BCUT2D eigenvalue weighted by molar-refractivity contribution is 0.275. The van der Waals surface area contributed by atoms with Gasteiger partial charge in [-0.05, 0) is 36.2 Å². The highest BCUT2D eigenvalue weighted by atomic mass is 19.1. The monoisotopic (exact) mass is 337 g/mol. The highest BCUT2D eigenvalue weighted by Crippen LogP contribution is 2.32. The second-order valence-corrected chi connectivity index (χ2v) is 5.77. The van der Waals surface area contributed by atoms with Gasteiger partial charge < -0.3 is 15.2 Å². The summed E-state index contributed by atoms with van der Waals surface area (Å²) in [5, 5.41) is 0. The second kappa shape index (κ2) is 8.31. The Hall–Kier alpha value is -2.85. The summed E-state index contributed by atoms with van der Waals surface area (Å²) in [4.78, 5) is 0. The Morgan fingerprint density at radius 3 is 2.24 bits per heavy atom. The van der Waals surface area contributed by atoms with Crippen molar-refractivity contribution in [2.24, 2.45) is 5.73 Å². The average molecular weight is 337 g/mol. The van der Waals surface area contributed by atoms with Crippen molar-refractivity contribution in [1.82, 2.24) is 0 Å². The highest BCUT2D eigenvalue weighted by Gasteiger charge is 2.11. The lowest BCUT2D eigenvalue weighted by atomic mass is 10.1. The molecule has 0 heterocycles. The maximum Gasteiger partial charge on any atom is 0.172 e. The maximum atomic E-state index is 13.6. The van der Waals surface area contributed by atoms with Gasteiger partial charge in [0.05, 0.1) is 0 Å². The van der Waals surface area contributed by atoms with E-state index < -0.39 is 0 Å². The van der Waals surface area contributed by atoms with Crippen LogP contribution in [0.5, 0.6) is 17.2 Å². The summed E-state index contributed by atoms with van der Waals surface area (Å²) in [6.45, 7) is 0.311. The molecule has 0 aliphatic carbocycles. The van der Waals surface area contributed by atoms with E-state index in [4.69, 9.17) is 15.2 Å². The van der Waals surface area contributed by atoms with Crippen molar-refractivity contribution in [2.45, 2.75) is 12.5 Å². The first-order valence-electron chi connectivity index (χ1n) is 8.15. The molecule has 3 aromatic rings. The van der Waals surface area contributed by atoms with Gasteiger partial charge in [0.2, 0.25) is 0 Å². The zero-order valence-electron chi connectivity index (χ0n) is 13.8. The van der Waals surface area contributed by atoms with Crippen LogP contribution in [-0.4, -0.2) is 12.6 Å². The van der Waals surface area contributed by atoms with E-state index in [1.165, 1.54) is 12.1 Å². The zero-order chi connectivity index (χ0) is 17.5. The van der Waals surface area contributed by atoms with E-state index >= 15 is 0 Å². The smallest absolute Gasteiger partial charge is 0.172 e. The van der Waals surface area contributed by atoms with Gasteiger partial charge >= 0.3 is 0 Å². The third-order valence-corrected chi connectivity index (χ3v) is 3.67. The number of halogens is 1. The summed E-state index contributed by atoms with van der Waals surface area (Å²) < 4.78 is 25.1. The van der Waals surface area contributed by atoms with E-state index in [0.717, 1.165) is 5.56 Å². The molecule has 1 atom stereocenters. The summed E-state index contributed by atoms with van der Waals surface area (Å²) in [7, 11) is 0. The van der Waals surface area contributed by atoms with E-state index in [-0.39, 0.29) is 11.9 Å². The van der Waals surface area contributed by atoms with Crippen molar-refractivity contribution in [3.05, 3.63) is 90.2 Å². The first kappa shape index (κ1) is 17.0. The Kier molecular flexibility index (Phi) is 5.65. The van der Waals surface area contributed by atoms with Crippen LogP contribution in [0, 0.1) is 5.82 Å². The number of rotatable bonds is 7. The van der Waals surface area contributed by atoms with E-state index in [1.807, 2.05) is 48.5 Å². The minimum atomic E-state index is -0.383. The van der Waals surface area contributed by atoms with Crippen molar-refractivity contribution >= 4 is 0 Å². The molecule has 2 N–H and O–H groups in total. The van der Waals surface area contributed by atoms with Crippen LogP contribution in [0.15, 0.2) is 78.9 Å². The molecule has 0 aromatic heterocycles. The molecule has 128 valence electrons. The second-order valence-electron chi connectivity index (χ2n) is 5.77. The Balaban J connectivity index is 1.65. The zero-order valence-corrected chi connectivity index (χ0v) is 13.8. The van der Waals surface area contributed by atoms with Gasteiger partial charge in [0.25, 0.3) is 0 Å². The fourth-order valence-electron chi connectivity index (χ4n) is 2.47. The number of benzene rings is 3. The van der Waals surface area contributed by atoms with Crippen LogP contribution in [0.4, 0.5) is 4.39 Å². The minimum Gasteiger partial charge on any atom is -0.488 e. The van der Waals surface area contributed by atoms with Gasteiger partial charge in [-0.1, -0.05) is 48.5 Å². The molecule has 4 heteroatoms. The Morgan fingerprint density at radius 1 is 0.840 bits per heavy atom. The van der Waals surface area contributed by atoms with Gasteiger partial charge in [0, 0.05) is 12.1 Å². The molecule has 0 spiro atoms. The SMILES string of the molecule is N[C@H](COc1ccc(F)cc1Oc1ccccc1)Cc1ccccc1. The summed E-state index contributed by atoms with van der Waals surface area (Å²) in [5.74, 6) is 1.03. The summed E-state index contributed by atoms with van der Waals surface area (Å²) in [5.41, 5.74) is 7.30. The highest BCUT2D eigenvalue weighted by molar-refractivity contribution is 5.43. The molecule has 0 unspecified atom stereocenters. The number of para-hydroxylation sites is 1. The van der Waals surface area contributed by atoms with E-state index in [2.05, 4.69) is 0 Å². The number of nitrogens with two attached hydrogens (primary N) is 1. The van der Waals surface area contributed by atoms with Crippen molar-refractivity contribution < 1.29 is 13.9 Å². The largest absolute Gasteiger partial charge is 0.488 e. The summed E-state index contributed by atoms with van der Waals surface area (Å²) in [6.07, 6.45) is 0.705. The molecule has 0 bridgehead atoms. The van der Waals surface area contributed by atoms with Gasteiger partial charge in [-0.15, -0.1) is 0 Å². The molecule has 25 heavy (non-hydrogen) atoms. The van der Waals surface area contributed by atoms with Gasteiger partial charge in [-0.25, -0.2) is 4.39 Å². The molecule has 0 aliphatic rings. The standard InChI is InChI=1S/C21H20FNO2/c22-17-11-12-20(21(14-17)25-19-9-5-2-6-10-19)24-15-18(23)13-16-7-3-1-4-8-16/h1-12,14,18H,13,15,23H2/t18-/m0/s1. The number of hydrogen-bond acceptors (Lipinski definition) is 3. The minimum absolute atomic E-state index is 0.169. The molecule has 0 saturated heterocycles. The van der Waals surface area contributed by atoms with Gasteiger partial charge in [0.1, 0.15) is 18.2 Å². The van der Waals surface area contributed by atoms with Crippen LogP contribution in [0.1, 0.15) is 5.56 Å². The molecule has 0 fully saturated rings. The van der Waals surface area contributed by atoms with Gasteiger partial charge in [0.15, 0.2) is 11.5 Å². The van der Waals surface area contributed by atoms with E-state index in [0.29, 0.717) is 30.3 Å².